The van der Waals surface area contributed by atoms with E-state index in [2.05, 4.69) is 10.5 Å². The van der Waals surface area contributed by atoms with E-state index >= 15 is 0 Å². The molecule has 40 heavy (non-hydrogen) atoms. The number of amides is 2. The Balaban J connectivity index is 1.29. The normalized spacial score (nSPS) is 20.9. The molecule has 2 unspecified atom stereocenters. The molecule has 2 amide bonds. The van der Waals surface area contributed by atoms with E-state index in [0.29, 0.717) is 11.1 Å². The number of nitrogens with one attached hydrogen (secondary N) is 1. The van der Waals surface area contributed by atoms with E-state index in [-0.39, 0.29) is 45.9 Å². The molecule has 2 aliphatic heterocycles. The smallest absolute Gasteiger partial charge is 0.374 e. The summed E-state index contributed by atoms with van der Waals surface area (Å²) in [6.45, 7) is 1.86. The van der Waals surface area contributed by atoms with E-state index in [1.165, 1.54) is 23.3 Å². The molecule has 0 aliphatic carbocycles. The molecule has 0 bridgehead atoms. The summed E-state index contributed by atoms with van der Waals surface area (Å²) in [4.78, 5) is 36.2. The molecular formula is C28H22Cl2F3N3O4. The SMILES string of the molecule is Cc1cc(C2=NOC(c3cc(Cl)cc(Cl)c3)(C(F)(F)F)C2)ccc1C(=O)NC1CON(Cc2ccccc2)C1=O. The molecule has 1 saturated heterocycles. The Morgan fingerprint density at radius 1 is 1.10 bits per heavy atom. The van der Waals surface area contributed by atoms with Crippen LogP contribution in [0.4, 0.5) is 13.2 Å². The van der Waals surface area contributed by atoms with Crippen molar-refractivity contribution in [3.63, 3.8) is 0 Å². The summed E-state index contributed by atoms with van der Waals surface area (Å²) in [7, 11) is 0. The van der Waals surface area contributed by atoms with Crippen molar-refractivity contribution < 1.29 is 32.4 Å². The van der Waals surface area contributed by atoms with Gasteiger partial charge >= 0.3 is 6.18 Å². The van der Waals surface area contributed by atoms with Crippen LogP contribution in [0.1, 0.15) is 39.0 Å². The molecule has 3 aromatic carbocycles. The zero-order chi connectivity index (χ0) is 28.7. The fraction of sp³-hybridized carbons (Fsp3) is 0.250. The molecule has 5 rings (SSSR count). The molecule has 0 aromatic heterocycles. The van der Waals surface area contributed by atoms with Crippen molar-refractivity contribution >= 4 is 40.7 Å². The summed E-state index contributed by atoms with van der Waals surface area (Å²) in [5.74, 6) is -0.899. The van der Waals surface area contributed by atoms with E-state index in [0.717, 1.165) is 17.7 Å². The third-order valence-electron chi connectivity index (χ3n) is 6.73. The molecule has 12 heteroatoms. The zero-order valence-corrected chi connectivity index (χ0v) is 22.5. The molecule has 1 fully saturated rings. The van der Waals surface area contributed by atoms with Crippen LogP contribution < -0.4 is 5.32 Å². The van der Waals surface area contributed by atoms with Gasteiger partial charge in [0.1, 0.15) is 12.6 Å². The molecule has 7 nitrogen and oxygen atoms in total. The van der Waals surface area contributed by atoms with E-state index in [4.69, 9.17) is 32.9 Å². The number of carbonyl (C=O) groups excluding carboxylic acids is 2. The van der Waals surface area contributed by atoms with Gasteiger partial charge in [0.25, 0.3) is 17.4 Å². The van der Waals surface area contributed by atoms with Gasteiger partial charge in [-0.1, -0.05) is 64.8 Å². The number of benzene rings is 3. The highest BCUT2D eigenvalue weighted by Crippen LogP contribution is 2.49. The lowest BCUT2D eigenvalue weighted by Gasteiger charge is -2.29. The Hall–Kier alpha value is -3.60. The van der Waals surface area contributed by atoms with Gasteiger partial charge in [-0.3, -0.25) is 14.4 Å². The van der Waals surface area contributed by atoms with Gasteiger partial charge in [0.05, 0.1) is 12.3 Å². The minimum atomic E-state index is -4.83. The van der Waals surface area contributed by atoms with E-state index < -0.39 is 30.1 Å². The second-order valence-corrected chi connectivity index (χ2v) is 10.4. The van der Waals surface area contributed by atoms with Crippen molar-refractivity contribution in [1.82, 2.24) is 10.4 Å². The molecule has 1 N–H and O–H groups in total. The molecular weight excluding hydrogens is 570 g/mol. The topological polar surface area (TPSA) is 80.2 Å². The predicted octanol–water partition coefficient (Wildman–Crippen LogP) is 5.96. The monoisotopic (exact) mass is 591 g/mol. The van der Waals surface area contributed by atoms with E-state index in [1.807, 2.05) is 30.3 Å². The second-order valence-electron chi connectivity index (χ2n) is 9.50. The van der Waals surface area contributed by atoms with Gasteiger partial charge in [0, 0.05) is 27.6 Å². The van der Waals surface area contributed by atoms with Crippen LogP contribution in [0.15, 0.2) is 71.9 Å². The van der Waals surface area contributed by atoms with Gasteiger partial charge in [-0.25, -0.2) is 5.06 Å². The van der Waals surface area contributed by atoms with Crippen LogP contribution in [-0.4, -0.2) is 41.4 Å². The summed E-state index contributed by atoms with van der Waals surface area (Å²) in [6, 6.07) is 16.5. The maximum atomic E-state index is 14.3. The number of hydroxylamine groups is 2. The van der Waals surface area contributed by atoms with Gasteiger partial charge < -0.3 is 10.2 Å². The zero-order valence-electron chi connectivity index (χ0n) is 21.0. The van der Waals surface area contributed by atoms with Crippen LogP contribution in [-0.2, 0) is 26.6 Å². The first-order valence-corrected chi connectivity index (χ1v) is 12.9. The lowest BCUT2D eigenvalue weighted by atomic mass is 9.86. The summed E-state index contributed by atoms with van der Waals surface area (Å²) >= 11 is 11.9. The van der Waals surface area contributed by atoms with Gasteiger partial charge in [0.15, 0.2) is 0 Å². The number of oxime groups is 1. The molecule has 3 aromatic rings. The Bertz CT molecular complexity index is 1480. The first-order chi connectivity index (χ1) is 19.0. The third kappa shape index (κ3) is 5.39. The number of hydrogen-bond donors (Lipinski definition) is 1. The van der Waals surface area contributed by atoms with E-state index in [9.17, 15) is 22.8 Å². The van der Waals surface area contributed by atoms with E-state index in [1.54, 1.807) is 13.0 Å². The van der Waals surface area contributed by atoms with Gasteiger partial charge in [-0.15, -0.1) is 0 Å². The summed E-state index contributed by atoms with van der Waals surface area (Å²) < 4.78 is 42.9. The van der Waals surface area contributed by atoms with Crippen molar-refractivity contribution in [3.8, 4) is 0 Å². The minimum absolute atomic E-state index is 0.0181. The van der Waals surface area contributed by atoms with Crippen molar-refractivity contribution in [2.45, 2.75) is 37.7 Å². The van der Waals surface area contributed by atoms with Crippen molar-refractivity contribution in [2.75, 3.05) is 6.61 Å². The largest absolute Gasteiger partial charge is 0.435 e. The average molecular weight is 592 g/mol. The first-order valence-electron chi connectivity index (χ1n) is 12.2. The Kier molecular flexibility index (Phi) is 7.52. The first kappa shape index (κ1) is 27.9. The van der Waals surface area contributed by atoms with Gasteiger partial charge in [0.2, 0.25) is 0 Å². The fourth-order valence-electron chi connectivity index (χ4n) is 4.63. The Morgan fingerprint density at radius 2 is 1.80 bits per heavy atom. The highest BCUT2D eigenvalue weighted by Gasteiger charge is 2.62. The molecule has 208 valence electrons. The quantitative estimate of drug-likeness (QED) is 0.384. The minimum Gasteiger partial charge on any atom is -0.374 e. The number of carbonyl (C=O) groups is 2. The molecule has 0 saturated carbocycles. The third-order valence-corrected chi connectivity index (χ3v) is 7.17. The standard InChI is InChI=1S/C28H22Cl2F3N3O4/c1-16-9-18(23-13-27(40-35-23,28(31,32)33)19-10-20(29)12-21(30)11-19)7-8-22(16)25(37)34-24-15-39-36(26(24)38)14-17-5-3-2-4-6-17/h2-12,24H,13-15H2,1H3,(H,34,37). The fourth-order valence-corrected chi connectivity index (χ4v) is 5.15. The molecule has 2 heterocycles. The summed E-state index contributed by atoms with van der Waals surface area (Å²) in [5, 5.41) is 7.69. The lowest BCUT2D eigenvalue weighted by Crippen LogP contribution is -2.43. The molecule has 0 spiro atoms. The number of rotatable bonds is 6. The van der Waals surface area contributed by atoms with Crippen molar-refractivity contribution in [3.05, 3.63) is 105 Å². The van der Waals surface area contributed by atoms with Crippen LogP contribution in [0.5, 0.6) is 0 Å². The van der Waals surface area contributed by atoms with Crippen LogP contribution in [0, 0.1) is 6.92 Å². The molecule has 2 aliphatic rings. The maximum Gasteiger partial charge on any atom is 0.435 e. The second kappa shape index (κ2) is 10.8. The molecule has 2 atom stereocenters. The molecule has 0 radical (unpaired) electrons. The number of nitrogens with zero attached hydrogens (tertiary/aromatic N) is 2. The lowest BCUT2D eigenvalue weighted by molar-refractivity contribution is -0.275. The maximum absolute atomic E-state index is 14.3. The predicted molar refractivity (Wildman–Crippen MR) is 142 cm³/mol. The van der Waals surface area contributed by atoms with Crippen LogP contribution >= 0.6 is 23.2 Å². The van der Waals surface area contributed by atoms with Crippen LogP contribution in [0.3, 0.4) is 0 Å². The number of aryl methyl sites for hydroxylation is 1. The summed E-state index contributed by atoms with van der Waals surface area (Å²) in [5.41, 5.74) is -1.05. The van der Waals surface area contributed by atoms with Crippen molar-refractivity contribution in [1.29, 1.82) is 0 Å². The van der Waals surface area contributed by atoms with Gasteiger partial charge in [-0.05, 0) is 53.9 Å². The number of hydrogen-bond acceptors (Lipinski definition) is 5. The Labute approximate surface area is 237 Å². The number of alkyl halides is 3. The highest BCUT2D eigenvalue weighted by molar-refractivity contribution is 6.34. The Morgan fingerprint density at radius 3 is 2.45 bits per heavy atom. The average Bonchev–Trinajstić information content (AvgIpc) is 3.50. The highest BCUT2D eigenvalue weighted by atomic mass is 35.5. The number of halogens is 5. The van der Waals surface area contributed by atoms with Crippen LogP contribution in [0.2, 0.25) is 10.0 Å². The van der Waals surface area contributed by atoms with Gasteiger partial charge in [-0.2, -0.15) is 13.2 Å². The van der Waals surface area contributed by atoms with Crippen molar-refractivity contribution in [2.24, 2.45) is 5.16 Å². The van der Waals surface area contributed by atoms with Crippen LogP contribution in [0.25, 0.3) is 0 Å². The summed E-state index contributed by atoms with van der Waals surface area (Å²) in [6.07, 6.45) is -5.45.